The van der Waals surface area contributed by atoms with Gasteiger partial charge in [-0.2, -0.15) is 0 Å². The first kappa shape index (κ1) is 17.2. The zero-order valence-electron chi connectivity index (χ0n) is 13.6. The van der Waals surface area contributed by atoms with Crippen LogP contribution in [0, 0.1) is 13.8 Å². The molecule has 0 aromatic heterocycles. The van der Waals surface area contributed by atoms with Gasteiger partial charge in [-0.25, -0.2) is 0 Å². The van der Waals surface area contributed by atoms with Gasteiger partial charge in [0.25, 0.3) is 0 Å². The molecule has 23 heavy (non-hydrogen) atoms. The Hall–Kier alpha value is -2.20. The molecule has 0 radical (unpaired) electrons. The lowest BCUT2D eigenvalue weighted by Crippen LogP contribution is -2.29. The van der Waals surface area contributed by atoms with Crippen LogP contribution in [0.3, 0.4) is 0 Å². The van der Waals surface area contributed by atoms with E-state index in [0.29, 0.717) is 17.3 Å². The van der Waals surface area contributed by atoms with Crippen LogP contribution in [-0.2, 0) is 11.3 Å². The molecule has 2 rings (SSSR count). The summed E-state index contributed by atoms with van der Waals surface area (Å²) in [5.41, 5.74) is 3.93. The number of hydrogen-bond acceptors (Lipinski definition) is 3. The number of rotatable bonds is 6. The standard InChI is InChI=1S/C18H21ClN2O2/c1-12-5-4-6-14(7-12)10-21-18(22)11-20-16-8-13(2)15(19)9-17(16)23-3/h4-9,20H,10-11H2,1-3H3,(H,21,22). The van der Waals surface area contributed by atoms with Crippen LogP contribution in [0.2, 0.25) is 5.02 Å². The van der Waals surface area contributed by atoms with Crippen LogP contribution in [-0.4, -0.2) is 19.6 Å². The third-order valence-corrected chi connectivity index (χ3v) is 3.90. The molecule has 122 valence electrons. The number of hydrogen-bond donors (Lipinski definition) is 2. The van der Waals surface area contributed by atoms with E-state index in [0.717, 1.165) is 16.8 Å². The van der Waals surface area contributed by atoms with Gasteiger partial charge < -0.3 is 15.4 Å². The van der Waals surface area contributed by atoms with E-state index in [4.69, 9.17) is 16.3 Å². The fraction of sp³-hybridized carbons (Fsp3) is 0.278. The summed E-state index contributed by atoms with van der Waals surface area (Å²) < 4.78 is 5.28. The first-order valence-electron chi connectivity index (χ1n) is 7.40. The largest absolute Gasteiger partial charge is 0.495 e. The quantitative estimate of drug-likeness (QED) is 0.848. The highest BCUT2D eigenvalue weighted by atomic mass is 35.5. The van der Waals surface area contributed by atoms with E-state index in [9.17, 15) is 4.79 Å². The Morgan fingerprint density at radius 2 is 2.00 bits per heavy atom. The van der Waals surface area contributed by atoms with Gasteiger partial charge in [0.15, 0.2) is 0 Å². The summed E-state index contributed by atoms with van der Waals surface area (Å²) in [5.74, 6) is 0.535. The van der Waals surface area contributed by atoms with Crippen molar-refractivity contribution in [2.45, 2.75) is 20.4 Å². The summed E-state index contributed by atoms with van der Waals surface area (Å²) in [6, 6.07) is 11.7. The van der Waals surface area contributed by atoms with Crippen LogP contribution < -0.4 is 15.4 Å². The zero-order chi connectivity index (χ0) is 16.8. The molecule has 2 aromatic rings. The Morgan fingerprint density at radius 3 is 2.70 bits per heavy atom. The highest BCUT2D eigenvalue weighted by molar-refractivity contribution is 6.31. The van der Waals surface area contributed by atoms with Gasteiger partial charge in [0.2, 0.25) is 5.91 Å². The molecular formula is C18H21ClN2O2. The van der Waals surface area contributed by atoms with Gasteiger partial charge in [-0.1, -0.05) is 41.4 Å². The van der Waals surface area contributed by atoms with Gasteiger partial charge in [-0.15, -0.1) is 0 Å². The maximum atomic E-state index is 12.0. The lowest BCUT2D eigenvalue weighted by Gasteiger charge is -2.13. The van der Waals surface area contributed by atoms with E-state index in [-0.39, 0.29) is 12.5 Å². The Bertz CT molecular complexity index is 701. The minimum Gasteiger partial charge on any atom is -0.495 e. The molecule has 1 amide bonds. The third kappa shape index (κ3) is 4.89. The number of anilines is 1. The van der Waals surface area contributed by atoms with E-state index in [1.807, 2.05) is 38.1 Å². The van der Waals surface area contributed by atoms with Crippen LogP contribution in [0.4, 0.5) is 5.69 Å². The number of methoxy groups -OCH3 is 1. The first-order valence-corrected chi connectivity index (χ1v) is 7.77. The van der Waals surface area contributed by atoms with Crippen molar-refractivity contribution < 1.29 is 9.53 Å². The smallest absolute Gasteiger partial charge is 0.239 e. The fourth-order valence-corrected chi connectivity index (χ4v) is 2.38. The molecule has 0 atom stereocenters. The molecule has 0 saturated carbocycles. The normalized spacial score (nSPS) is 10.3. The molecular weight excluding hydrogens is 312 g/mol. The minimum atomic E-state index is -0.0823. The van der Waals surface area contributed by atoms with Crippen molar-refractivity contribution in [1.29, 1.82) is 0 Å². The van der Waals surface area contributed by atoms with E-state index in [1.54, 1.807) is 13.2 Å². The fourth-order valence-electron chi connectivity index (χ4n) is 2.23. The number of carbonyl (C=O) groups excluding carboxylic acids is 1. The van der Waals surface area contributed by atoms with Crippen molar-refractivity contribution in [2.75, 3.05) is 19.0 Å². The second-order valence-electron chi connectivity index (χ2n) is 5.42. The lowest BCUT2D eigenvalue weighted by atomic mass is 10.1. The Balaban J connectivity index is 1.90. The highest BCUT2D eigenvalue weighted by Crippen LogP contribution is 2.30. The summed E-state index contributed by atoms with van der Waals surface area (Å²) in [6.45, 7) is 4.62. The average molecular weight is 333 g/mol. The molecule has 0 fully saturated rings. The van der Waals surface area contributed by atoms with Gasteiger partial charge in [-0.05, 0) is 31.0 Å². The Morgan fingerprint density at radius 1 is 1.22 bits per heavy atom. The summed E-state index contributed by atoms with van der Waals surface area (Å²) in [6.07, 6.45) is 0. The van der Waals surface area contributed by atoms with E-state index < -0.39 is 0 Å². The summed E-state index contributed by atoms with van der Waals surface area (Å²) in [7, 11) is 1.57. The van der Waals surface area contributed by atoms with Gasteiger partial charge in [-0.3, -0.25) is 4.79 Å². The molecule has 0 bridgehead atoms. The second-order valence-corrected chi connectivity index (χ2v) is 5.83. The molecule has 0 saturated heterocycles. The van der Waals surface area contributed by atoms with Crippen molar-refractivity contribution in [3.05, 3.63) is 58.1 Å². The number of amides is 1. The number of aryl methyl sites for hydroxylation is 2. The Kier molecular flexibility index (Phi) is 5.88. The molecule has 2 aromatic carbocycles. The van der Waals surface area contributed by atoms with Gasteiger partial charge >= 0.3 is 0 Å². The molecule has 0 heterocycles. The topological polar surface area (TPSA) is 50.4 Å². The Labute approximate surface area is 141 Å². The molecule has 4 nitrogen and oxygen atoms in total. The predicted molar refractivity (Wildman–Crippen MR) is 94.3 cm³/mol. The summed E-state index contributed by atoms with van der Waals surface area (Å²) in [5, 5.41) is 6.61. The van der Waals surface area contributed by atoms with Gasteiger partial charge in [0.05, 0.1) is 19.3 Å². The molecule has 0 unspecified atom stereocenters. The van der Waals surface area contributed by atoms with Gasteiger partial charge in [0.1, 0.15) is 5.75 Å². The third-order valence-electron chi connectivity index (χ3n) is 3.49. The number of halogens is 1. The van der Waals surface area contributed by atoms with Crippen molar-refractivity contribution >= 4 is 23.2 Å². The molecule has 0 aliphatic carbocycles. The second kappa shape index (κ2) is 7.88. The number of ether oxygens (including phenoxy) is 1. The maximum absolute atomic E-state index is 12.0. The van der Waals surface area contributed by atoms with Crippen molar-refractivity contribution in [3.63, 3.8) is 0 Å². The monoisotopic (exact) mass is 332 g/mol. The number of nitrogens with one attached hydrogen (secondary N) is 2. The lowest BCUT2D eigenvalue weighted by molar-refractivity contribution is -0.119. The maximum Gasteiger partial charge on any atom is 0.239 e. The van der Waals surface area contributed by atoms with Crippen LogP contribution in [0.25, 0.3) is 0 Å². The average Bonchev–Trinajstić information content (AvgIpc) is 2.53. The summed E-state index contributed by atoms with van der Waals surface area (Å²) in [4.78, 5) is 12.0. The SMILES string of the molecule is COc1cc(Cl)c(C)cc1NCC(=O)NCc1cccc(C)c1. The van der Waals surface area contributed by atoms with Crippen molar-refractivity contribution in [1.82, 2.24) is 5.32 Å². The molecule has 0 aliphatic rings. The zero-order valence-corrected chi connectivity index (χ0v) is 14.3. The van der Waals surface area contributed by atoms with Crippen LogP contribution >= 0.6 is 11.6 Å². The molecule has 5 heteroatoms. The van der Waals surface area contributed by atoms with Crippen LogP contribution in [0.15, 0.2) is 36.4 Å². The van der Waals surface area contributed by atoms with Gasteiger partial charge in [0, 0.05) is 17.6 Å². The van der Waals surface area contributed by atoms with E-state index in [1.165, 1.54) is 5.56 Å². The van der Waals surface area contributed by atoms with Crippen molar-refractivity contribution in [2.24, 2.45) is 0 Å². The minimum absolute atomic E-state index is 0.0823. The summed E-state index contributed by atoms with van der Waals surface area (Å²) >= 11 is 6.07. The predicted octanol–water partition coefficient (Wildman–Crippen LogP) is 3.69. The van der Waals surface area contributed by atoms with Crippen molar-refractivity contribution in [3.8, 4) is 5.75 Å². The molecule has 2 N–H and O–H groups in total. The van der Waals surface area contributed by atoms with E-state index in [2.05, 4.69) is 16.7 Å². The first-order chi connectivity index (χ1) is 11.0. The highest BCUT2D eigenvalue weighted by Gasteiger charge is 2.08. The van der Waals surface area contributed by atoms with E-state index >= 15 is 0 Å². The number of carbonyl (C=O) groups is 1. The van der Waals surface area contributed by atoms with Crippen LogP contribution in [0.1, 0.15) is 16.7 Å². The molecule has 0 spiro atoms. The molecule has 0 aliphatic heterocycles. The number of benzene rings is 2. The van der Waals surface area contributed by atoms with Crippen LogP contribution in [0.5, 0.6) is 5.75 Å².